The van der Waals surface area contributed by atoms with Crippen LogP contribution in [0.25, 0.3) is 0 Å². The molecule has 22 heavy (non-hydrogen) atoms. The molecular weight excluding hydrogens is 340 g/mol. The van der Waals surface area contributed by atoms with Crippen molar-refractivity contribution in [1.82, 2.24) is 0 Å². The number of ketones is 1. The highest BCUT2D eigenvalue weighted by Crippen LogP contribution is 2.66. The molecule has 0 radical (unpaired) electrons. The third-order valence-corrected chi connectivity index (χ3v) is 9.61. The maximum absolute atomic E-state index is 12.1. The van der Waals surface area contributed by atoms with Crippen molar-refractivity contribution in [3.8, 4) is 0 Å². The third-order valence-electron chi connectivity index (χ3n) is 8.46. The van der Waals surface area contributed by atoms with Crippen molar-refractivity contribution in [3.05, 3.63) is 0 Å². The molecule has 0 saturated heterocycles. The van der Waals surface area contributed by atoms with Crippen LogP contribution >= 0.6 is 15.9 Å². The largest absolute Gasteiger partial charge is 0.393 e. The summed E-state index contributed by atoms with van der Waals surface area (Å²) in [6.45, 7) is 4.82. The summed E-state index contributed by atoms with van der Waals surface area (Å²) in [6.07, 6.45) is 8.90. The van der Waals surface area contributed by atoms with Gasteiger partial charge < -0.3 is 5.11 Å². The number of fused-ring (bicyclic) bond motifs is 5. The molecule has 0 bridgehead atoms. The van der Waals surface area contributed by atoms with Gasteiger partial charge >= 0.3 is 0 Å². The number of hydrogen-bond acceptors (Lipinski definition) is 2. The van der Waals surface area contributed by atoms with Crippen LogP contribution in [0, 0.1) is 34.5 Å². The van der Waals surface area contributed by atoms with Crippen LogP contribution in [0.1, 0.15) is 65.2 Å². The number of hydrogen-bond donors (Lipinski definition) is 1. The average molecular weight is 369 g/mol. The summed E-state index contributed by atoms with van der Waals surface area (Å²) in [5.74, 6) is 3.22. The average Bonchev–Trinajstić information content (AvgIpc) is 2.79. The van der Waals surface area contributed by atoms with Gasteiger partial charge in [-0.2, -0.15) is 0 Å². The van der Waals surface area contributed by atoms with E-state index in [0.717, 1.165) is 31.1 Å². The van der Waals surface area contributed by atoms with Crippen molar-refractivity contribution in [3.63, 3.8) is 0 Å². The van der Waals surface area contributed by atoms with Gasteiger partial charge in [-0.05, 0) is 79.4 Å². The van der Waals surface area contributed by atoms with Crippen LogP contribution in [0.2, 0.25) is 0 Å². The Morgan fingerprint density at radius 1 is 0.955 bits per heavy atom. The maximum atomic E-state index is 12.1. The van der Waals surface area contributed by atoms with Crippen molar-refractivity contribution in [2.75, 3.05) is 0 Å². The molecule has 4 aliphatic rings. The fourth-order valence-corrected chi connectivity index (χ4v) is 8.16. The molecule has 4 aliphatic carbocycles. The summed E-state index contributed by atoms with van der Waals surface area (Å²) in [5.41, 5.74) is 0.502. The lowest BCUT2D eigenvalue weighted by Gasteiger charge is -2.60. The van der Waals surface area contributed by atoms with Crippen LogP contribution in [-0.2, 0) is 4.79 Å². The highest BCUT2D eigenvalue weighted by molar-refractivity contribution is 9.10. The summed E-state index contributed by atoms with van der Waals surface area (Å²) in [4.78, 5) is 12.2. The molecule has 0 aromatic heterocycles. The quantitative estimate of drug-likeness (QED) is 0.646. The molecule has 124 valence electrons. The Morgan fingerprint density at radius 3 is 2.41 bits per heavy atom. The van der Waals surface area contributed by atoms with Crippen LogP contribution in [0.4, 0.5) is 0 Å². The monoisotopic (exact) mass is 368 g/mol. The van der Waals surface area contributed by atoms with Crippen molar-refractivity contribution >= 4 is 21.7 Å². The van der Waals surface area contributed by atoms with Crippen LogP contribution in [0.5, 0.6) is 0 Å². The van der Waals surface area contributed by atoms with E-state index in [2.05, 4.69) is 29.8 Å². The first kappa shape index (κ1) is 15.6. The first-order valence-electron chi connectivity index (χ1n) is 9.23. The van der Waals surface area contributed by atoms with Crippen molar-refractivity contribution < 1.29 is 9.90 Å². The molecule has 0 aliphatic heterocycles. The number of alkyl halides is 1. The molecule has 4 rings (SSSR count). The minimum Gasteiger partial charge on any atom is -0.393 e. The lowest BCUT2D eigenvalue weighted by atomic mass is 9.45. The van der Waals surface area contributed by atoms with Crippen LogP contribution in [0.3, 0.4) is 0 Å². The van der Waals surface area contributed by atoms with E-state index in [1.807, 2.05) is 0 Å². The molecule has 0 unspecified atom stereocenters. The topological polar surface area (TPSA) is 37.3 Å². The lowest BCUT2D eigenvalue weighted by Crippen LogP contribution is -2.56. The summed E-state index contributed by atoms with van der Waals surface area (Å²) >= 11 is 3.73. The highest BCUT2D eigenvalue weighted by atomic mass is 79.9. The maximum Gasteiger partial charge on any atom is 0.146 e. The Balaban J connectivity index is 1.65. The molecule has 0 spiro atoms. The molecule has 0 aromatic carbocycles. The third kappa shape index (κ3) is 1.90. The highest BCUT2D eigenvalue weighted by Gasteiger charge is 2.61. The standard InChI is InChI=1S/C19H29BrO2/c1-18-10-8-15(21)17(20)14(18)4-3-11-12-5-6-16(22)19(12,2)9-7-13(11)18/h11-14,16-17,22H,3-10H2,1-2H3/t11-,12-,13-,14+,16+,17+,18+,19-/m0/s1. The van der Waals surface area contributed by atoms with E-state index in [4.69, 9.17) is 0 Å². The first-order valence-corrected chi connectivity index (χ1v) is 10.1. The Morgan fingerprint density at radius 2 is 1.64 bits per heavy atom. The Hall–Kier alpha value is 0.110. The molecule has 4 saturated carbocycles. The van der Waals surface area contributed by atoms with Gasteiger partial charge in [-0.1, -0.05) is 29.8 Å². The second-order valence-electron chi connectivity index (χ2n) is 9.07. The summed E-state index contributed by atoms with van der Waals surface area (Å²) in [5, 5.41) is 10.5. The number of carbonyl (C=O) groups is 1. The fourth-order valence-electron chi connectivity index (χ4n) is 7.06. The smallest absolute Gasteiger partial charge is 0.146 e. The first-order chi connectivity index (χ1) is 10.4. The minimum absolute atomic E-state index is 0.0826. The summed E-state index contributed by atoms with van der Waals surface area (Å²) in [7, 11) is 0. The molecule has 0 heterocycles. The second-order valence-corrected chi connectivity index (χ2v) is 10.1. The summed E-state index contributed by atoms with van der Waals surface area (Å²) < 4.78 is 0. The van der Waals surface area contributed by atoms with E-state index in [0.29, 0.717) is 23.0 Å². The summed E-state index contributed by atoms with van der Waals surface area (Å²) in [6, 6.07) is 0. The molecule has 2 nitrogen and oxygen atoms in total. The van der Waals surface area contributed by atoms with E-state index >= 15 is 0 Å². The molecule has 0 amide bonds. The van der Waals surface area contributed by atoms with Gasteiger partial charge in [0.15, 0.2) is 0 Å². The van der Waals surface area contributed by atoms with Crippen molar-refractivity contribution in [1.29, 1.82) is 0 Å². The van der Waals surface area contributed by atoms with E-state index < -0.39 is 0 Å². The number of aliphatic hydroxyl groups is 1. The SMILES string of the molecule is C[C@]12CCC(=O)[C@H](Br)[C@H]1CC[C@@H]1[C@@H]2CC[C@]2(C)[C@H](O)CC[C@@H]12. The van der Waals surface area contributed by atoms with Gasteiger partial charge in [-0.25, -0.2) is 0 Å². The number of halogens is 1. The Labute approximate surface area is 142 Å². The molecule has 3 heteroatoms. The van der Waals surface area contributed by atoms with Gasteiger partial charge in [0.1, 0.15) is 5.78 Å². The molecule has 1 N–H and O–H groups in total. The Bertz CT molecular complexity index is 492. The van der Waals surface area contributed by atoms with E-state index in [-0.39, 0.29) is 16.3 Å². The predicted molar refractivity (Wildman–Crippen MR) is 90.8 cm³/mol. The van der Waals surface area contributed by atoms with Gasteiger partial charge in [0.25, 0.3) is 0 Å². The lowest BCUT2D eigenvalue weighted by molar-refractivity contribution is -0.140. The van der Waals surface area contributed by atoms with Crippen LogP contribution in [-0.4, -0.2) is 21.8 Å². The number of Topliss-reactive ketones (excluding diaryl/α,β-unsaturated/α-hetero) is 1. The van der Waals surface area contributed by atoms with Gasteiger partial charge in [-0.15, -0.1) is 0 Å². The number of rotatable bonds is 0. The van der Waals surface area contributed by atoms with Gasteiger partial charge in [0.2, 0.25) is 0 Å². The Kier molecular flexibility index (Phi) is 3.59. The van der Waals surface area contributed by atoms with E-state index in [1.165, 1.54) is 32.1 Å². The van der Waals surface area contributed by atoms with Crippen molar-refractivity contribution in [2.45, 2.75) is 76.1 Å². The van der Waals surface area contributed by atoms with Gasteiger partial charge in [0, 0.05) is 6.42 Å². The number of aliphatic hydroxyl groups excluding tert-OH is 1. The zero-order chi connectivity index (χ0) is 15.7. The van der Waals surface area contributed by atoms with Gasteiger partial charge in [-0.3, -0.25) is 4.79 Å². The van der Waals surface area contributed by atoms with E-state index in [9.17, 15) is 9.90 Å². The van der Waals surface area contributed by atoms with Crippen molar-refractivity contribution in [2.24, 2.45) is 34.5 Å². The van der Waals surface area contributed by atoms with E-state index in [1.54, 1.807) is 0 Å². The van der Waals surface area contributed by atoms with Crippen LogP contribution < -0.4 is 0 Å². The zero-order valence-electron chi connectivity index (χ0n) is 13.9. The second kappa shape index (κ2) is 5.05. The van der Waals surface area contributed by atoms with Crippen LogP contribution in [0.15, 0.2) is 0 Å². The molecule has 4 fully saturated rings. The normalized spacial score (nSPS) is 57.9. The number of carbonyl (C=O) groups excluding carboxylic acids is 1. The zero-order valence-corrected chi connectivity index (χ0v) is 15.4. The molecule has 8 atom stereocenters. The molecular formula is C19H29BrO2. The fraction of sp³-hybridized carbons (Fsp3) is 0.947. The predicted octanol–water partition coefficient (Wildman–Crippen LogP) is 4.33. The minimum atomic E-state index is -0.0826. The van der Waals surface area contributed by atoms with Gasteiger partial charge in [0.05, 0.1) is 10.9 Å². The molecule has 0 aromatic rings.